The standard InChI is InChI=1S/C16H17N3S/c1-12(15-8-5-9-20-15)17-10-14-11-18-19-16(14)13-6-3-2-4-7-13/h2-9,11-12,17H,10H2,1H3,(H,18,19)/t12-/m1/s1. The molecule has 20 heavy (non-hydrogen) atoms. The molecule has 3 nitrogen and oxygen atoms in total. The molecule has 0 aliphatic rings. The first-order valence-electron chi connectivity index (χ1n) is 6.69. The molecule has 2 aromatic heterocycles. The maximum absolute atomic E-state index is 4.18. The molecule has 0 bridgehead atoms. The summed E-state index contributed by atoms with van der Waals surface area (Å²) >= 11 is 1.78. The second-order valence-corrected chi connectivity index (χ2v) is 5.73. The third kappa shape index (κ3) is 2.81. The molecule has 1 atom stereocenters. The van der Waals surface area contributed by atoms with Gasteiger partial charge in [-0.05, 0) is 23.9 Å². The minimum Gasteiger partial charge on any atom is -0.305 e. The van der Waals surface area contributed by atoms with Gasteiger partial charge in [0.15, 0.2) is 0 Å². The average molecular weight is 283 g/mol. The molecule has 102 valence electrons. The van der Waals surface area contributed by atoms with Crippen molar-refractivity contribution >= 4 is 11.3 Å². The van der Waals surface area contributed by atoms with E-state index in [2.05, 4.69) is 52.1 Å². The molecule has 0 fully saturated rings. The molecule has 0 spiro atoms. The fraction of sp³-hybridized carbons (Fsp3) is 0.188. The van der Waals surface area contributed by atoms with Crippen LogP contribution in [0.5, 0.6) is 0 Å². The largest absolute Gasteiger partial charge is 0.305 e. The van der Waals surface area contributed by atoms with Crippen LogP contribution in [0.15, 0.2) is 54.0 Å². The summed E-state index contributed by atoms with van der Waals surface area (Å²) in [5.41, 5.74) is 3.46. The van der Waals surface area contributed by atoms with Crippen LogP contribution in [0.3, 0.4) is 0 Å². The van der Waals surface area contributed by atoms with Gasteiger partial charge in [0, 0.05) is 23.0 Å². The first-order chi connectivity index (χ1) is 9.84. The zero-order valence-corrected chi connectivity index (χ0v) is 12.2. The molecule has 0 aliphatic heterocycles. The van der Waals surface area contributed by atoms with Crippen LogP contribution in [-0.4, -0.2) is 10.2 Å². The second-order valence-electron chi connectivity index (χ2n) is 4.75. The lowest BCUT2D eigenvalue weighted by Crippen LogP contribution is -2.17. The lowest BCUT2D eigenvalue weighted by atomic mass is 10.1. The van der Waals surface area contributed by atoms with Crippen LogP contribution in [0.4, 0.5) is 0 Å². The molecule has 3 rings (SSSR count). The quantitative estimate of drug-likeness (QED) is 0.743. The molecule has 4 heteroatoms. The summed E-state index contributed by atoms with van der Waals surface area (Å²) in [4.78, 5) is 1.36. The number of rotatable bonds is 5. The molecule has 2 heterocycles. The number of benzene rings is 1. The van der Waals surface area contributed by atoms with E-state index in [-0.39, 0.29) is 0 Å². The number of H-pyrrole nitrogens is 1. The Kier molecular flexibility index (Phi) is 3.95. The van der Waals surface area contributed by atoms with Gasteiger partial charge in [-0.1, -0.05) is 36.4 Å². The third-order valence-electron chi connectivity index (χ3n) is 3.35. The van der Waals surface area contributed by atoms with E-state index in [1.165, 1.54) is 16.0 Å². The number of nitrogens with one attached hydrogen (secondary N) is 2. The maximum atomic E-state index is 4.18. The third-order valence-corrected chi connectivity index (χ3v) is 4.40. The van der Waals surface area contributed by atoms with Crippen molar-refractivity contribution in [2.24, 2.45) is 0 Å². The summed E-state index contributed by atoms with van der Waals surface area (Å²) in [6.45, 7) is 2.99. The van der Waals surface area contributed by atoms with Gasteiger partial charge in [-0.3, -0.25) is 5.10 Å². The Morgan fingerprint density at radius 2 is 2.05 bits per heavy atom. The van der Waals surface area contributed by atoms with E-state index in [0.717, 1.165) is 12.2 Å². The van der Waals surface area contributed by atoms with Crippen molar-refractivity contribution in [1.82, 2.24) is 15.5 Å². The van der Waals surface area contributed by atoms with Crippen LogP contribution >= 0.6 is 11.3 Å². The number of aromatic nitrogens is 2. The summed E-state index contributed by atoms with van der Waals surface area (Å²) in [5, 5.41) is 12.9. The molecule has 2 N–H and O–H groups in total. The lowest BCUT2D eigenvalue weighted by molar-refractivity contribution is 0.583. The van der Waals surface area contributed by atoms with Crippen molar-refractivity contribution in [3.8, 4) is 11.3 Å². The van der Waals surface area contributed by atoms with Gasteiger partial charge in [-0.15, -0.1) is 11.3 Å². The molecule has 0 saturated heterocycles. The summed E-state index contributed by atoms with van der Waals surface area (Å²) in [5.74, 6) is 0. The fourth-order valence-electron chi connectivity index (χ4n) is 2.20. The highest BCUT2D eigenvalue weighted by atomic mass is 32.1. The zero-order chi connectivity index (χ0) is 13.8. The molecule has 0 aliphatic carbocycles. The average Bonchev–Trinajstić information content (AvgIpc) is 3.17. The molecular weight excluding hydrogens is 266 g/mol. The first kappa shape index (κ1) is 13.1. The Hall–Kier alpha value is -1.91. The van der Waals surface area contributed by atoms with E-state index < -0.39 is 0 Å². The predicted molar refractivity (Wildman–Crippen MR) is 83.6 cm³/mol. The molecule has 0 amide bonds. The summed E-state index contributed by atoms with van der Waals surface area (Å²) in [6.07, 6.45) is 1.90. The van der Waals surface area contributed by atoms with Gasteiger partial charge in [0.1, 0.15) is 0 Å². The molecule has 0 radical (unpaired) electrons. The van der Waals surface area contributed by atoms with Crippen molar-refractivity contribution in [2.45, 2.75) is 19.5 Å². The Balaban J connectivity index is 1.72. The van der Waals surface area contributed by atoms with E-state index >= 15 is 0 Å². The van der Waals surface area contributed by atoms with Gasteiger partial charge in [-0.25, -0.2) is 0 Å². The smallest absolute Gasteiger partial charge is 0.0695 e. The second kappa shape index (κ2) is 6.03. The van der Waals surface area contributed by atoms with Gasteiger partial charge in [0.25, 0.3) is 0 Å². The van der Waals surface area contributed by atoms with Crippen LogP contribution in [0.25, 0.3) is 11.3 Å². The van der Waals surface area contributed by atoms with E-state index in [4.69, 9.17) is 0 Å². The molecular formula is C16H17N3S. The van der Waals surface area contributed by atoms with Gasteiger partial charge in [0.2, 0.25) is 0 Å². The van der Waals surface area contributed by atoms with E-state index in [9.17, 15) is 0 Å². The fourth-order valence-corrected chi connectivity index (χ4v) is 2.96. The molecule has 3 aromatic rings. The Morgan fingerprint density at radius 3 is 2.80 bits per heavy atom. The summed E-state index contributed by atoms with van der Waals surface area (Å²) < 4.78 is 0. The van der Waals surface area contributed by atoms with Crippen molar-refractivity contribution in [2.75, 3.05) is 0 Å². The molecule has 0 unspecified atom stereocenters. The van der Waals surface area contributed by atoms with Gasteiger partial charge < -0.3 is 5.32 Å². The van der Waals surface area contributed by atoms with E-state index in [0.29, 0.717) is 6.04 Å². The van der Waals surface area contributed by atoms with Crippen molar-refractivity contribution in [1.29, 1.82) is 0 Å². The van der Waals surface area contributed by atoms with Crippen LogP contribution in [0.2, 0.25) is 0 Å². The normalized spacial score (nSPS) is 12.4. The van der Waals surface area contributed by atoms with Crippen molar-refractivity contribution in [3.05, 3.63) is 64.5 Å². The van der Waals surface area contributed by atoms with Gasteiger partial charge >= 0.3 is 0 Å². The highest BCUT2D eigenvalue weighted by Gasteiger charge is 2.10. The minimum absolute atomic E-state index is 0.355. The lowest BCUT2D eigenvalue weighted by Gasteiger charge is -2.12. The number of thiophene rings is 1. The topological polar surface area (TPSA) is 40.7 Å². The van der Waals surface area contributed by atoms with Gasteiger partial charge in [-0.2, -0.15) is 5.10 Å². The maximum Gasteiger partial charge on any atom is 0.0695 e. The van der Waals surface area contributed by atoms with Crippen molar-refractivity contribution < 1.29 is 0 Å². The Bertz CT molecular complexity index is 643. The molecule has 0 saturated carbocycles. The Labute approximate surface area is 122 Å². The monoisotopic (exact) mass is 283 g/mol. The number of hydrogen-bond acceptors (Lipinski definition) is 3. The summed E-state index contributed by atoms with van der Waals surface area (Å²) in [7, 11) is 0. The molecule has 1 aromatic carbocycles. The van der Waals surface area contributed by atoms with Gasteiger partial charge in [0.05, 0.1) is 11.9 Å². The van der Waals surface area contributed by atoms with Crippen LogP contribution in [-0.2, 0) is 6.54 Å². The number of hydrogen-bond donors (Lipinski definition) is 2. The van der Waals surface area contributed by atoms with Crippen molar-refractivity contribution in [3.63, 3.8) is 0 Å². The number of nitrogens with zero attached hydrogens (tertiary/aromatic N) is 1. The van der Waals surface area contributed by atoms with Crippen LogP contribution in [0.1, 0.15) is 23.4 Å². The minimum atomic E-state index is 0.355. The Morgan fingerprint density at radius 1 is 1.20 bits per heavy atom. The predicted octanol–water partition coefficient (Wildman–Crippen LogP) is 3.99. The highest BCUT2D eigenvalue weighted by molar-refractivity contribution is 7.10. The SMILES string of the molecule is C[C@@H](NCc1cn[nH]c1-c1ccccc1)c1cccs1. The summed E-state index contributed by atoms with van der Waals surface area (Å²) in [6, 6.07) is 14.9. The van der Waals surface area contributed by atoms with E-state index in [1.54, 1.807) is 11.3 Å². The van der Waals surface area contributed by atoms with Crippen LogP contribution < -0.4 is 5.32 Å². The first-order valence-corrected chi connectivity index (χ1v) is 7.57. The van der Waals surface area contributed by atoms with E-state index in [1.807, 2.05) is 24.4 Å². The highest BCUT2D eigenvalue weighted by Crippen LogP contribution is 2.22. The zero-order valence-electron chi connectivity index (χ0n) is 11.3. The van der Waals surface area contributed by atoms with Crippen LogP contribution in [0, 0.1) is 0 Å². The number of aromatic amines is 1.